The smallest absolute Gasteiger partial charge is 0.0922 e. The summed E-state index contributed by atoms with van der Waals surface area (Å²) in [5.74, 6) is 0.155. The van der Waals surface area contributed by atoms with Gasteiger partial charge in [-0.15, -0.1) is 0 Å². The molecule has 152 valence electrons. The molecule has 1 aliphatic rings. The largest absolute Gasteiger partial charge is 0.393 e. The zero-order chi connectivity index (χ0) is 20.2. The summed E-state index contributed by atoms with van der Waals surface area (Å²) in [5, 5.41) is 9.72. The highest BCUT2D eigenvalue weighted by atomic mass is 16.3. The summed E-state index contributed by atoms with van der Waals surface area (Å²) in [7, 11) is 0. The average molecular weight is 390 g/mol. The number of nitrogens with zero attached hydrogens (tertiary/aromatic N) is 2. The fourth-order valence-corrected chi connectivity index (χ4v) is 4.40. The molecule has 0 bridgehead atoms. The molecule has 1 unspecified atom stereocenters. The van der Waals surface area contributed by atoms with Crippen LogP contribution < -0.4 is 0 Å². The van der Waals surface area contributed by atoms with Gasteiger partial charge < -0.3 is 15.0 Å². The SMILES string of the molecule is Cc1cccc(C(c2cccc(CCN3CCC(O)CC3)c2)c2cnc[nH]2)c1C. The Kier molecular flexibility index (Phi) is 6.12. The Morgan fingerprint density at radius 3 is 2.69 bits per heavy atom. The second kappa shape index (κ2) is 8.93. The lowest BCUT2D eigenvalue weighted by atomic mass is 9.84. The van der Waals surface area contributed by atoms with Gasteiger partial charge in [-0.1, -0.05) is 42.5 Å². The van der Waals surface area contributed by atoms with E-state index in [1.807, 2.05) is 6.20 Å². The second-order valence-corrected chi connectivity index (χ2v) is 8.30. The van der Waals surface area contributed by atoms with E-state index in [-0.39, 0.29) is 12.0 Å². The van der Waals surface area contributed by atoms with Gasteiger partial charge in [-0.25, -0.2) is 4.98 Å². The van der Waals surface area contributed by atoms with Gasteiger partial charge >= 0.3 is 0 Å². The minimum Gasteiger partial charge on any atom is -0.393 e. The molecule has 0 aliphatic carbocycles. The van der Waals surface area contributed by atoms with E-state index in [9.17, 15) is 5.11 Å². The minimum absolute atomic E-state index is 0.109. The monoisotopic (exact) mass is 389 g/mol. The van der Waals surface area contributed by atoms with Crippen molar-refractivity contribution >= 4 is 0 Å². The number of benzene rings is 2. The van der Waals surface area contributed by atoms with Crippen LogP contribution in [0.1, 0.15) is 52.3 Å². The molecule has 1 saturated heterocycles. The molecule has 0 spiro atoms. The molecule has 29 heavy (non-hydrogen) atoms. The van der Waals surface area contributed by atoms with Crippen molar-refractivity contribution in [3.05, 3.63) is 88.5 Å². The summed E-state index contributed by atoms with van der Waals surface area (Å²) >= 11 is 0. The van der Waals surface area contributed by atoms with Crippen LogP contribution in [0.5, 0.6) is 0 Å². The molecule has 4 nitrogen and oxygen atoms in total. The van der Waals surface area contributed by atoms with Crippen LogP contribution in [0, 0.1) is 13.8 Å². The summed E-state index contributed by atoms with van der Waals surface area (Å²) in [6, 6.07) is 15.6. The molecule has 2 heterocycles. The molecular formula is C25H31N3O. The number of aromatic nitrogens is 2. The van der Waals surface area contributed by atoms with Crippen LogP contribution in [0.4, 0.5) is 0 Å². The van der Waals surface area contributed by atoms with E-state index in [4.69, 9.17) is 0 Å². The Morgan fingerprint density at radius 2 is 1.93 bits per heavy atom. The number of likely N-dealkylation sites (tertiary alicyclic amines) is 1. The number of aliphatic hydroxyl groups excluding tert-OH is 1. The molecule has 4 heteroatoms. The normalized spacial score (nSPS) is 16.8. The lowest BCUT2D eigenvalue weighted by Gasteiger charge is -2.29. The number of aliphatic hydroxyl groups is 1. The fourth-order valence-electron chi connectivity index (χ4n) is 4.40. The molecule has 1 atom stereocenters. The van der Waals surface area contributed by atoms with Crippen LogP contribution >= 0.6 is 0 Å². The lowest BCUT2D eigenvalue weighted by molar-refractivity contribution is 0.0832. The van der Waals surface area contributed by atoms with Gasteiger partial charge in [0.2, 0.25) is 0 Å². The Labute approximate surface area is 173 Å². The summed E-state index contributed by atoms with van der Waals surface area (Å²) in [6.07, 6.45) is 6.43. The predicted octanol–water partition coefficient (Wildman–Crippen LogP) is 4.21. The van der Waals surface area contributed by atoms with Gasteiger partial charge in [-0.3, -0.25) is 0 Å². The molecule has 0 saturated carbocycles. The van der Waals surface area contributed by atoms with Crippen molar-refractivity contribution in [2.75, 3.05) is 19.6 Å². The van der Waals surface area contributed by atoms with Crippen LogP contribution in [0.3, 0.4) is 0 Å². The Morgan fingerprint density at radius 1 is 1.14 bits per heavy atom. The van der Waals surface area contributed by atoms with Crippen molar-refractivity contribution in [2.45, 2.75) is 45.1 Å². The van der Waals surface area contributed by atoms with Crippen molar-refractivity contribution in [1.29, 1.82) is 0 Å². The summed E-state index contributed by atoms with van der Waals surface area (Å²) < 4.78 is 0. The van der Waals surface area contributed by atoms with E-state index >= 15 is 0 Å². The highest BCUT2D eigenvalue weighted by molar-refractivity contribution is 5.46. The first-order chi connectivity index (χ1) is 14.1. The average Bonchev–Trinajstić information content (AvgIpc) is 3.26. The van der Waals surface area contributed by atoms with E-state index in [1.165, 1.54) is 27.8 Å². The molecule has 1 aromatic heterocycles. The standard InChI is InChI=1S/C25H31N3O/c1-18-5-3-8-23(19(18)2)25(24-16-26-17-27-24)21-7-4-6-20(15-21)9-12-28-13-10-22(29)11-14-28/h3-8,15-17,22,25,29H,9-14H2,1-2H3,(H,26,27). The van der Waals surface area contributed by atoms with Gasteiger partial charge in [-0.05, 0) is 60.9 Å². The molecule has 0 amide bonds. The summed E-state index contributed by atoms with van der Waals surface area (Å²) in [6.45, 7) is 7.44. The third-order valence-electron chi connectivity index (χ3n) is 6.35. The second-order valence-electron chi connectivity index (χ2n) is 8.30. The van der Waals surface area contributed by atoms with Gasteiger partial charge in [0.05, 0.1) is 18.3 Å². The van der Waals surface area contributed by atoms with Gasteiger partial charge in [-0.2, -0.15) is 0 Å². The van der Waals surface area contributed by atoms with Crippen molar-refractivity contribution in [2.24, 2.45) is 0 Å². The third-order valence-corrected chi connectivity index (χ3v) is 6.35. The number of imidazole rings is 1. The quantitative estimate of drug-likeness (QED) is 0.664. The van der Waals surface area contributed by atoms with E-state index in [0.29, 0.717) is 0 Å². The van der Waals surface area contributed by atoms with E-state index in [1.54, 1.807) is 6.33 Å². The topological polar surface area (TPSA) is 52.1 Å². The van der Waals surface area contributed by atoms with Crippen molar-refractivity contribution in [3.63, 3.8) is 0 Å². The minimum atomic E-state index is -0.109. The number of nitrogens with one attached hydrogen (secondary N) is 1. The number of hydrogen-bond donors (Lipinski definition) is 2. The first-order valence-electron chi connectivity index (χ1n) is 10.7. The first-order valence-corrected chi connectivity index (χ1v) is 10.7. The van der Waals surface area contributed by atoms with Crippen LogP contribution in [0.2, 0.25) is 0 Å². The molecule has 1 fully saturated rings. The molecule has 0 radical (unpaired) electrons. The predicted molar refractivity (Wildman–Crippen MR) is 117 cm³/mol. The Bertz CT molecular complexity index is 927. The third kappa shape index (κ3) is 4.60. The van der Waals surface area contributed by atoms with Crippen molar-refractivity contribution < 1.29 is 5.11 Å². The van der Waals surface area contributed by atoms with E-state index < -0.39 is 0 Å². The molecule has 3 aromatic rings. The van der Waals surface area contributed by atoms with Gasteiger partial charge in [0.1, 0.15) is 0 Å². The fraction of sp³-hybridized carbons (Fsp3) is 0.400. The molecule has 2 aromatic carbocycles. The number of H-pyrrole nitrogens is 1. The molecule has 2 N–H and O–H groups in total. The van der Waals surface area contributed by atoms with Crippen molar-refractivity contribution in [3.8, 4) is 0 Å². The Hall–Kier alpha value is -2.43. The zero-order valence-electron chi connectivity index (χ0n) is 17.4. The van der Waals surface area contributed by atoms with Crippen LogP contribution in [-0.4, -0.2) is 45.7 Å². The van der Waals surface area contributed by atoms with Gasteiger partial charge in [0.25, 0.3) is 0 Å². The number of piperidine rings is 1. The van der Waals surface area contributed by atoms with Crippen LogP contribution in [0.25, 0.3) is 0 Å². The van der Waals surface area contributed by atoms with Crippen LogP contribution in [-0.2, 0) is 6.42 Å². The number of rotatable bonds is 6. The molecule has 1 aliphatic heterocycles. The summed E-state index contributed by atoms with van der Waals surface area (Å²) in [5.41, 5.74) is 7.77. The van der Waals surface area contributed by atoms with Crippen LogP contribution in [0.15, 0.2) is 55.0 Å². The maximum atomic E-state index is 9.72. The maximum Gasteiger partial charge on any atom is 0.0922 e. The lowest BCUT2D eigenvalue weighted by Crippen LogP contribution is -2.37. The number of aromatic amines is 1. The van der Waals surface area contributed by atoms with Gasteiger partial charge in [0.15, 0.2) is 0 Å². The van der Waals surface area contributed by atoms with E-state index in [2.05, 4.69) is 71.2 Å². The highest BCUT2D eigenvalue weighted by Crippen LogP contribution is 2.34. The molecular weight excluding hydrogens is 358 g/mol. The van der Waals surface area contributed by atoms with Gasteiger partial charge in [0, 0.05) is 31.5 Å². The highest BCUT2D eigenvalue weighted by Gasteiger charge is 2.21. The first kappa shape index (κ1) is 19.9. The maximum absolute atomic E-state index is 9.72. The Balaban J connectivity index is 1.59. The number of aryl methyl sites for hydroxylation is 1. The molecule has 4 rings (SSSR count). The van der Waals surface area contributed by atoms with E-state index in [0.717, 1.165) is 44.6 Å². The van der Waals surface area contributed by atoms with Crippen molar-refractivity contribution in [1.82, 2.24) is 14.9 Å². The number of hydrogen-bond acceptors (Lipinski definition) is 3. The zero-order valence-corrected chi connectivity index (χ0v) is 17.4. The summed E-state index contributed by atoms with van der Waals surface area (Å²) in [4.78, 5) is 10.1.